The molecule has 0 radical (unpaired) electrons. The van der Waals surface area contributed by atoms with Gasteiger partial charge in [-0.2, -0.15) is 4.98 Å². The van der Waals surface area contributed by atoms with Crippen LogP contribution in [-0.4, -0.2) is 52.3 Å². The lowest BCUT2D eigenvalue weighted by atomic mass is 10.1. The van der Waals surface area contributed by atoms with Gasteiger partial charge in [0.05, 0.1) is 32.7 Å². The van der Waals surface area contributed by atoms with Crippen molar-refractivity contribution in [3.63, 3.8) is 0 Å². The minimum absolute atomic E-state index is 0.0770. The van der Waals surface area contributed by atoms with Gasteiger partial charge in [0.1, 0.15) is 6.33 Å². The number of hydrogen-bond donors (Lipinski definition) is 2. The molecule has 172 valence electrons. The zero-order valence-electron chi connectivity index (χ0n) is 18.6. The van der Waals surface area contributed by atoms with E-state index in [1.54, 1.807) is 30.7 Å². The summed E-state index contributed by atoms with van der Waals surface area (Å²) in [5, 5.41) is 5.28. The molecule has 0 unspecified atom stereocenters. The molecule has 11 heteroatoms. The molecule has 3 aromatic heterocycles. The molecule has 0 aliphatic heterocycles. The number of ether oxygens (including phenoxy) is 3. The first-order valence-corrected chi connectivity index (χ1v) is 10.0. The molecule has 0 aliphatic rings. The van der Waals surface area contributed by atoms with E-state index in [9.17, 15) is 4.79 Å². The Balaban J connectivity index is 1.48. The molecule has 1 aromatic carbocycles. The number of pyridine rings is 2. The van der Waals surface area contributed by atoms with E-state index in [1.165, 1.54) is 27.7 Å². The van der Waals surface area contributed by atoms with Crippen LogP contribution < -0.4 is 24.8 Å². The van der Waals surface area contributed by atoms with Gasteiger partial charge in [0.15, 0.2) is 17.3 Å². The molecule has 4 rings (SSSR count). The fraction of sp³-hybridized carbons (Fsp3) is 0.130. The molecule has 4 aromatic rings. The topological polar surface area (TPSA) is 133 Å². The highest BCUT2D eigenvalue weighted by Gasteiger charge is 2.15. The SMILES string of the molecule is COc1cc(NC(=O)Nc2ncnc(-c3ccc(-c4ccncc4)nc3)n2)cc(OC)c1OC. The average Bonchev–Trinajstić information content (AvgIpc) is 2.88. The molecule has 0 saturated heterocycles. The zero-order valence-corrected chi connectivity index (χ0v) is 18.6. The van der Waals surface area contributed by atoms with Crippen LogP contribution in [0.1, 0.15) is 0 Å². The van der Waals surface area contributed by atoms with Gasteiger partial charge in [-0.1, -0.05) is 0 Å². The number of methoxy groups -OCH3 is 3. The third-order valence-electron chi connectivity index (χ3n) is 4.72. The summed E-state index contributed by atoms with van der Waals surface area (Å²) in [7, 11) is 4.48. The summed E-state index contributed by atoms with van der Waals surface area (Å²) in [4.78, 5) is 33.5. The molecule has 3 heterocycles. The summed E-state index contributed by atoms with van der Waals surface area (Å²) < 4.78 is 15.9. The second-order valence-electron chi connectivity index (χ2n) is 6.79. The molecule has 34 heavy (non-hydrogen) atoms. The Labute approximate surface area is 195 Å². The summed E-state index contributed by atoms with van der Waals surface area (Å²) >= 11 is 0. The number of rotatable bonds is 7. The molecule has 0 fully saturated rings. The standard InChI is InChI=1S/C23H21N7O4/c1-32-18-10-16(11-19(33-2)20(18)34-3)28-23(31)30-22-27-13-26-21(29-22)15-4-5-17(25-12-15)14-6-8-24-9-7-14/h4-13H,1-3H3,(H2,26,27,28,29,30,31). The van der Waals surface area contributed by atoms with Crippen LogP contribution in [-0.2, 0) is 0 Å². The van der Waals surface area contributed by atoms with Crippen molar-refractivity contribution in [3.8, 4) is 39.9 Å². The predicted molar refractivity (Wildman–Crippen MR) is 125 cm³/mol. The molecule has 0 aliphatic carbocycles. The number of carbonyl (C=O) groups excluding carboxylic acids is 1. The summed E-state index contributed by atoms with van der Waals surface area (Å²) in [6.07, 6.45) is 6.38. The van der Waals surface area contributed by atoms with E-state index in [4.69, 9.17) is 14.2 Å². The first-order valence-electron chi connectivity index (χ1n) is 10.0. The Morgan fingerprint density at radius 2 is 1.56 bits per heavy atom. The van der Waals surface area contributed by atoms with E-state index < -0.39 is 6.03 Å². The molecule has 0 saturated carbocycles. The normalized spacial score (nSPS) is 10.3. The maximum Gasteiger partial charge on any atom is 0.326 e. The van der Waals surface area contributed by atoms with Crippen molar-refractivity contribution < 1.29 is 19.0 Å². The fourth-order valence-corrected chi connectivity index (χ4v) is 3.13. The van der Waals surface area contributed by atoms with Gasteiger partial charge in [-0.25, -0.2) is 14.8 Å². The van der Waals surface area contributed by atoms with Crippen LogP contribution in [0, 0.1) is 0 Å². The number of aromatic nitrogens is 5. The Kier molecular flexibility index (Phi) is 6.73. The summed E-state index contributed by atoms with van der Waals surface area (Å²) in [5.41, 5.74) is 2.84. The lowest BCUT2D eigenvalue weighted by Crippen LogP contribution is -2.21. The third-order valence-corrected chi connectivity index (χ3v) is 4.72. The van der Waals surface area contributed by atoms with E-state index in [0.29, 0.717) is 34.3 Å². The number of hydrogen-bond acceptors (Lipinski definition) is 9. The number of carbonyl (C=O) groups is 1. The van der Waals surface area contributed by atoms with Gasteiger partial charge in [-0.15, -0.1) is 0 Å². The highest BCUT2D eigenvalue weighted by atomic mass is 16.5. The van der Waals surface area contributed by atoms with E-state index in [-0.39, 0.29) is 5.95 Å². The Morgan fingerprint density at radius 3 is 2.18 bits per heavy atom. The van der Waals surface area contributed by atoms with Crippen molar-refractivity contribution in [2.75, 3.05) is 32.0 Å². The van der Waals surface area contributed by atoms with Crippen molar-refractivity contribution in [1.29, 1.82) is 0 Å². The van der Waals surface area contributed by atoms with Crippen LogP contribution in [0.5, 0.6) is 17.2 Å². The Bertz CT molecular complexity index is 1260. The molecule has 0 bridgehead atoms. The van der Waals surface area contributed by atoms with E-state index in [0.717, 1.165) is 11.3 Å². The fourth-order valence-electron chi connectivity index (χ4n) is 3.13. The lowest BCUT2D eigenvalue weighted by Gasteiger charge is -2.14. The van der Waals surface area contributed by atoms with Crippen LogP contribution in [0.4, 0.5) is 16.4 Å². The summed E-state index contributed by atoms with van der Waals surface area (Å²) in [6.45, 7) is 0. The number of nitrogens with one attached hydrogen (secondary N) is 2. The quantitative estimate of drug-likeness (QED) is 0.425. The predicted octanol–water partition coefficient (Wildman–Crippen LogP) is 3.67. The van der Waals surface area contributed by atoms with Crippen LogP contribution in [0.25, 0.3) is 22.6 Å². The maximum atomic E-state index is 12.5. The molecular formula is C23H21N7O4. The van der Waals surface area contributed by atoms with Gasteiger partial charge >= 0.3 is 6.03 Å². The van der Waals surface area contributed by atoms with E-state index in [2.05, 4.69) is 35.6 Å². The van der Waals surface area contributed by atoms with Crippen LogP contribution in [0.15, 0.2) is 61.3 Å². The number of urea groups is 1. The summed E-state index contributed by atoms with van der Waals surface area (Å²) in [6, 6.07) is 10.1. The second kappa shape index (κ2) is 10.2. The van der Waals surface area contributed by atoms with Gasteiger partial charge in [0.25, 0.3) is 0 Å². The van der Waals surface area contributed by atoms with Gasteiger partial charge in [-0.05, 0) is 24.3 Å². The van der Waals surface area contributed by atoms with Crippen LogP contribution >= 0.6 is 0 Å². The van der Waals surface area contributed by atoms with Gasteiger partial charge in [0.2, 0.25) is 11.7 Å². The van der Waals surface area contributed by atoms with Crippen molar-refractivity contribution in [2.45, 2.75) is 0 Å². The zero-order chi connectivity index (χ0) is 23.9. The lowest BCUT2D eigenvalue weighted by molar-refractivity contribution is 0.262. The van der Waals surface area contributed by atoms with E-state index in [1.807, 2.05) is 24.3 Å². The van der Waals surface area contributed by atoms with Crippen molar-refractivity contribution in [3.05, 3.63) is 61.3 Å². The highest BCUT2D eigenvalue weighted by Crippen LogP contribution is 2.39. The second-order valence-corrected chi connectivity index (χ2v) is 6.79. The smallest absolute Gasteiger partial charge is 0.326 e. The number of anilines is 2. The van der Waals surface area contributed by atoms with Gasteiger partial charge < -0.3 is 19.5 Å². The average molecular weight is 459 g/mol. The van der Waals surface area contributed by atoms with Crippen molar-refractivity contribution in [2.24, 2.45) is 0 Å². The molecule has 0 spiro atoms. The van der Waals surface area contributed by atoms with Gasteiger partial charge in [0, 0.05) is 41.9 Å². The molecule has 0 atom stereocenters. The van der Waals surface area contributed by atoms with Gasteiger partial charge in [-0.3, -0.25) is 15.3 Å². The first kappa shape index (κ1) is 22.4. The maximum absolute atomic E-state index is 12.5. The first-order chi connectivity index (χ1) is 16.6. The molecule has 11 nitrogen and oxygen atoms in total. The largest absolute Gasteiger partial charge is 0.493 e. The number of amides is 2. The highest BCUT2D eigenvalue weighted by molar-refractivity contribution is 5.99. The van der Waals surface area contributed by atoms with E-state index >= 15 is 0 Å². The number of nitrogens with zero attached hydrogens (tertiary/aromatic N) is 5. The minimum atomic E-state index is -0.558. The van der Waals surface area contributed by atoms with Crippen molar-refractivity contribution >= 4 is 17.7 Å². The van der Waals surface area contributed by atoms with Crippen LogP contribution in [0.2, 0.25) is 0 Å². The molecule has 2 amide bonds. The molecular weight excluding hydrogens is 438 g/mol. The summed E-state index contributed by atoms with van der Waals surface area (Å²) in [5.74, 6) is 1.67. The van der Waals surface area contributed by atoms with Crippen LogP contribution in [0.3, 0.4) is 0 Å². The minimum Gasteiger partial charge on any atom is -0.493 e. The monoisotopic (exact) mass is 459 g/mol. The Hall–Kier alpha value is -4.80. The third kappa shape index (κ3) is 4.99. The molecule has 2 N–H and O–H groups in total. The number of benzene rings is 1. The van der Waals surface area contributed by atoms with Crippen molar-refractivity contribution in [1.82, 2.24) is 24.9 Å². The Morgan fingerprint density at radius 1 is 0.824 bits per heavy atom.